The zero-order chi connectivity index (χ0) is 22.3. The Labute approximate surface area is 182 Å². The van der Waals surface area contributed by atoms with Gasteiger partial charge in [-0.05, 0) is 49.2 Å². The molecule has 0 saturated heterocycles. The number of carbonyl (C=O) groups is 2. The maximum Gasteiger partial charge on any atom is 0.253 e. The lowest BCUT2D eigenvalue weighted by atomic mass is 10.1. The Morgan fingerprint density at radius 1 is 1.07 bits per heavy atom. The predicted octanol–water partition coefficient (Wildman–Crippen LogP) is 3.66. The zero-order valence-electron chi connectivity index (χ0n) is 17.2. The number of halogens is 1. The Morgan fingerprint density at radius 3 is 2.27 bits per heavy atom. The van der Waals surface area contributed by atoms with Crippen molar-refractivity contribution in [3.63, 3.8) is 0 Å². The molecule has 2 aromatic carbocycles. The molecule has 0 aromatic heterocycles. The molecule has 0 radical (unpaired) electrons. The molecule has 0 heterocycles. The Hall–Kier alpha value is -2.58. The molecule has 0 aliphatic rings. The molecule has 2 N–H and O–H groups in total. The maximum absolute atomic E-state index is 13.1. The molecule has 2 aromatic rings. The molecule has 0 spiro atoms. The summed E-state index contributed by atoms with van der Waals surface area (Å²) in [6.07, 6.45) is 2.05. The Balaban J connectivity index is 2.36. The van der Waals surface area contributed by atoms with Crippen molar-refractivity contribution >= 4 is 44.8 Å². The van der Waals surface area contributed by atoms with Crippen LogP contribution in [0, 0.1) is 0 Å². The van der Waals surface area contributed by atoms with Crippen molar-refractivity contribution in [2.24, 2.45) is 0 Å². The third kappa shape index (κ3) is 5.96. The van der Waals surface area contributed by atoms with Gasteiger partial charge >= 0.3 is 0 Å². The van der Waals surface area contributed by atoms with E-state index < -0.39 is 22.0 Å². The highest BCUT2D eigenvalue weighted by Crippen LogP contribution is 2.25. The SMILES string of the molecule is CCCNC(=O)c1ccccc1NC(=O)[C@H](CC)N(c1ccc(Cl)cc1)S(C)(=O)=O. The topological polar surface area (TPSA) is 95.6 Å². The summed E-state index contributed by atoms with van der Waals surface area (Å²) in [6.45, 7) is 4.17. The van der Waals surface area contributed by atoms with E-state index in [-0.39, 0.29) is 12.3 Å². The van der Waals surface area contributed by atoms with Crippen LogP contribution in [0.2, 0.25) is 5.02 Å². The summed E-state index contributed by atoms with van der Waals surface area (Å²) in [5.74, 6) is -0.841. The number of hydrogen-bond donors (Lipinski definition) is 2. The van der Waals surface area contributed by atoms with E-state index in [0.717, 1.165) is 17.0 Å². The maximum atomic E-state index is 13.1. The third-order valence-corrected chi connectivity index (χ3v) is 5.81. The van der Waals surface area contributed by atoms with Crippen molar-refractivity contribution in [1.82, 2.24) is 5.32 Å². The van der Waals surface area contributed by atoms with Gasteiger partial charge in [0.25, 0.3) is 5.91 Å². The minimum Gasteiger partial charge on any atom is -0.352 e. The monoisotopic (exact) mass is 451 g/mol. The summed E-state index contributed by atoms with van der Waals surface area (Å²) in [5, 5.41) is 5.95. The number of amides is 2. The van der Waals surface area contributed by atoms with E-state index in [1.165, 1.54) is 0 Å². The van der Waals surface area contributed by atoms with Crippen LogP contribution < -0.4 is 14.9 Å². The molecule has 2 rings (SSSR count). The van der Waals surface area contributed by atoms with Gasteiger partial charge in [0.05, 0.1) is 23.2 Å². The van der Waals surface area contributed by atoms with E-state index in [1.54, 1.807) is 55.5 Å². The van der Waals surface area contributed by atoms with E-state index in [4.69, 9.17) is 11.6 Å². The molecule has 0 aliphatic carbocycles. The molecular formula is C21H26ClN3O4S. The first-order valence-corrected chi connectivity index (χ1v) is 11.8. The van der Waals surface area contributed by atoms with Gasteiger partial charge in [-0.2, -0.15) is 0 Å². The summed E-state index contributed by atoms with van der Waals surface area (Å²) < 4.78 is 26.1. The van der Waals surface area contributed by atoms with E-state index in [0.29, 0.717) is 28.5 Å². The van der Waals surface area contributed by atoms with Crippen LogP contribution in [0.5, 0.6) is 0 Å². The molecule has 9 heteroatoms. The number of para-hydroxylation sites is 1. The van der Waals surface area contributed by atoms with Crippen LogP contribution in [-0.2, 0) is 14.8 Å². The first-order valence-electron chi connectivity index (χ1n) is 9.62. The van der Waals surface area contributed by atoms with Gasteiger partial charge in [-0.3, -0.25) is 13.9 Å². The summed E-state index contributed by atoms with van der Waals surface area (Å²) in [4.78, 5) is 25.5. The number of sulfonamides is 1. The Kier molecular flexibility index (Phi) is 8.25. The Morgan fingerprint density at radius 2 is 1.70 bits per heavy atom. The number of hydrogen-bond acceptors (Lipinski definition) is 4. The largest absolute Gasteiger partial charge is 0.352 e. The van der Waals surface area contributed by atoms with E-state index in [9.17, 15) is 18.0 Å². The molecule has 0 unspecified atom stereocenters. The molecule has 7 nitrogen and oxygen atoms in total. The number of rotatable bonds is 9. The average molecular weight is 452 g/mol. The first kappa shape index (κ1) is 23.7. The first-order chi connectivity index (χ1) is 14.2. The fourth-order valence-corrected chi connectivity index (χ4v) is 4.33. The van der Waals surface area contributed by atoms with Crippen molar-refractivity contribution in [3.05, 3.63) is 59.1 Å². The fraction of sp³-hybridized carbons (Fsp3) is 0.333. The van der Waals surface area contributed by atoms with Crippen LogP contribution in [-0.4, -0.2) is 39.1 Å². The van der Waals surface area contributed by atoms with Crippen molar-refractivity contribution in [2.75, 3.05) is 22.4 Å². The Bertz CT molecular complexity index is 994. The van der Waals surface area contributed by atoms with Crippen LogP contribution in [0.15, 0.2) is 48.5 Å². The van der Waals surface area contributed by atoms with Crippen LogP contribution >= 0.6 is 11.6 Å². The van der Waals surface area contributed by atoms with Crippen LogP contribution in [0.25, 0.3) is 0 Å². The molecule has 0 bridgehead atoms. The highest BCUT2D eigenvalue weighted by atomic mass is 35.5. The standard InChI is InChI=1S/C21H26ClN3O4S/c1-4-14-23-20(26)17-8-6-7-9-18(17)24-21(27)19(5-2)25(30(3,28)29)16-12-10-15(22)11-13-16/h6-13,19H,4-5,14H2,1-3H3,(H,23,26)(H,24,27)/t19-/m0/s1. The second kappa shape index (κ2) is 10.4. The lowest BCUT2D eigenvalue weighted by Crippen LogP contribution is -2.47. The molecule has 1 atom stereocenters. The van der Waals surface area contributed by atoms with Crippen LogP contribution in [0.3, 0.4) is 0 Å². The van der Waals surface area contributed by atoms with Gasteiger partial charge in [0, 0.05) is 11.6 Å². The summed E-state index contributed by atoms with van der Waals surface area (Å²) in [7, 11) is -3.77. The van der Waals surface area contributed by atoms with Crippen LogP contribution in [0.4, 0.5) is 11.4 Å². The lowest BCUT2D eigenvalue weighted by molar-refractivity contribution is -0.117. The fourth-order valence-electron chi connectivity index (χ4n) is 2.99. The predicted molar refractivity (Wildman–Crippen MR) is 121 cm³/mol. The van der Waals surface area contributed by atoms with Gasteiger partial charge in [0.1, 0.15) is 6.04 Å². The number of nitrogens with zero attached hydrogens (tertiary/aromatic N) is 1. The summed E-state index contributed by atoms with van der Waals surface area (Å²) >= 11 is 5.91. The average Bonchev–Trinajstić information content (AvgIpc) is 2.70. The number of benzene rings is 2. The molecule has 0 aliphatic heterocycles. The molecule has 0 fully saturated rings. The summed E-state index contributed by atoms with van der Waals surface area (Å²) in [6, 6.07) is 11.8. The van der Waals surface area contributed by atoms with Crippen molar-refractivity contribution in [3.8, 4) is 0 Å². The van der Waals surface area contributed by atoms with E-state index >= 15 is 0 Å². The van der Waals surface area contributed by atoms with E-state index in [2.05, 4.69) is 10.6 Å². The van der Waals surface area contributed by atoms with Crippen molar-refractivity contribution < 1.29 is 18.0 Å². The highest BCUT2D eigenvalue weighted by molar-refractivity contribution is 7.92. The third-order valence-electron chi connectivity index (χ3n) is 4.38. The van der Waals surface area contributed by atoms with Gasteiger partial charge in [0.2, 0.25) is 15.9 Å². The minimum absolute atomic E-state index is 0.228. The minimum atomic E-state index is -3.77. The second-order valence-corrected chi connectivity index (χ2v) is 9.05. The zero-order valence-corrected chi connectivity index (χ0v) is 18.8. The molecule has 162 valence electrons. The molecular weight excluding hydrogens is 426 g/mol. The second-order valence-electron chi connectivity index (χ2n) is 6.75. The van der Waals surface area contributed by atoms with Gasteiger partial charge in [0.15, 0.2) is 0 Å². The van der Waals surface area contributed by atoms with Gasteiger partial charge in [-0.1, -0.05) is 37.6 Å². The lowest BCUT2D eigenvalue weighted by Gasteiger charge is -2.30. The van der Waals surface area contributed by atoms with Crippen LogP contribution in [0.1, 0.15) is 37.0 Å². The summed E-state index contributed by atoms with van der Waals surface area (Å²) in [5.41, 5.74) is 0.962. The van der Waals surface area contributed by atoms with E-state index in [1.807, 2.05) is 6.92 Å². The normalized spacial score (nSPS) is 12.1. The molecule has 30 heavy (non-hydrogen) atoms. The quantitative estimate of drug-likeness (QED) is 0.608. The highest BCUT2D eigenvalue weighted by Gasteiger charge is 2.32. The van der Waals surface area contributed by atoms with Crippen molar-refractivity contribution in [1.29, 1.82) is 0 Å². The number of anilines is 2. The molecule has 0 saturated carbocycles. The number of nitrogens with one attached hydrogen (secondary N) is 2. The number of carbonyl (C=O) groups excluding carboxylic acids is 2. The molecule has 2 amide bonds. The van der Waals surface area contributed by atoms with Gasteiger partial charge in [-0.15, -0.1) is 0 Å². The van der Waals surface area contributed by atoms with Gasteiger partial charge in [-0.25, -0.2) is 8.42 Å². The van der Waals surface area contributed by atoms with Crippen molar-refractivity contribution in [2.45, 2.75) is 32.7 Å². The smallest absolute Gasteiger partial charge is 0.253 e. The van der Waals surface area contributed by atoms with Gasteiger partial charge < -0.3 is 10.6 Å².